The van der Waals surface area contributed by atoms with Gasteiger partial charge in [-0.05, 0) is 58.9 Å². The average molecular weight is 523 g/mol. The van der Waals surface area contributed by atoms with E-state index in [-0.39, 0.29) is 6.09 Å². The number of methoxy groups -OCH3 is 1. The van der Waals surface area contributed by atoms with Gasteiger partial charge < -0.3 is 19.1 Å². The van der Waals surface area contributed by atoms with E-state index in [1.54, 1.807) is 13.3 Å². The van der Waals surface area contributed by atoms with Crippen LogP contribution in [0.2, 0.25) is 0 Å². The Morgan fingerprint density at radius 2 is 2.03 bits per heavy atom. The van der Waals surface area contributed by atoms with Crippen molar-refractivity contribution in [1.82, 2.24) is 29.4 Å². The molecule has 1 amide bonds. The van der Waals surface area contributed by atoms with Gasteiger partial charge in [-0.2, -0.15) is 10.2 Å². The number of amides is 1. The summed E-state index contributed by atoms with van der Waals surface area (Å²) in [5.74, 6) is 0.935. The highest BCUT2D eigenvalue weighted by Gasteiger charge is 2.28. The van der Waals surface area contributed by atoms with E-state index in [1.807, 2.05) is 48.2 Å². The zero-order valence-corrected chi connectivity index (χ0v) is 23.1. The van der Waals surface area contributed by atoms with Gasteiger partial charge >= 0.3 is 6.09 Å². The number of likely N-dealkylation sites (tertiary alicyclic amines) is 1. The molecule has 204 valence electrons. The van der Waals surface area contributed by atoms with Crippen LogP contribution in [-0.4, -0.2) is 74.6 Å². The molecule has 3 aromatic heterocycles. The van der Waals surface area contributed by atoms with Crippen LogP contribution in [0, 0.1) is 12.8 Å². The fourth-order valence-corrected chi connectivity index (χ4v) is 5.33. The van der Waals surface area contributed by atoms with Crippen molar-refractivity contribution in [2.75, 3.05) is 33.4 Å². The highest BCUT2D eigenvalue weighted by atomic mass is 16.6. The third kappa shape index (κ3) is 5.70. The highest BCUT2D eigenvalue weighted by molar-refractivity contribution is 5.68. The molecule has 10 heteroatoms. The number of fused-ring (bicyclic) bond motifs is 1. The van der Waals surface area contributed by atoms with E-state index in [9.17, 15) is 4.79 Å². The first-order valence-corrected chi connectivity index (χ1v) is 13.4. The molecule has 38 heavy (non-hydrogen) atoms. The van der Waals surface area contributed by atoms with Gasteiger partial charge in [-0.15, -0.1) is 0 Å². The average Bonchev–Trinajstić information content (AvgIpc) is 3.39. The molecule has 1 atom stereocenters. The van der Waals surface area contributed by atoms with E-state index < -0.39 is 5.60 Å². The number of nitrogens with zero attached hydrogens (tertiary/aromatic N) is 6. The van der Waals surface area contributed by atoms with Gasteiger partial charge in [0, 0.05) is 48.9 Å². The molecule has 2 aliphatic rings. The number of aryl methyl sites for hydroxylation is 1. The number of pyridine rings is 1. The van der Waals surface area contributed by atoms with Crippen LogP contribution in [0.25, 0.3) is 16.9 Å². The van der Waals surface area contributed by atoms with Crippen LogP contribution in [0.1, 0.15) is 50.4 Å². The third-order valence-electron chi connectivity index (χ3n) is 7.05. The quantitative estimate of drug-likeness (QED) is 0.495. The van der Waals surface area contributed by atoms with E-state index in [4.69, 9.17) is 19.3 Å². The summed E-state index contributed by atoms with van der Waals surface area (Å²) in [4.78, 5) is 18.9. The fourth-order valence-electron chi connectivity index (χ4n) is 5.33. The Kier molecular flexibility index (Phi) is 7.43. The minimum absolute atomic E-state index is 0.234. The van der Waals surface area contributed by atoms with Crippen molar-refractivity contribution in [2.45, 2.75) is 65.5 Å². The lowest BCUT2D eigenvalue weighted by molar-refractivity contribution is 0.0155. The van der Waals surface area contributed by atoms with Crippen LogP contribution in [-0.2, 0) is 28.9 Å². The normalized spacial score (nSPS) is 18.1. The Hall–Kier alpha value is -3.40. The predicted octanol–water partition coefficient (Wildman–Crippen LogP) is 4.21. The van der Waals surface area contributed by atoms with Gasteiger partial charge in [0.2, 0.25) is 5.88 Å². The summed E-state index contributed by atoms with van der Waals surface area (Å²) in [7, 11) is 1.63. The Bertz CT molecular complexity index is 1290. The second-order valence-electron chi connectivity index (χ2n) is 11.2. The number of ether oxygens (including phenoxy) is 3. The van der Waals surface area contributed by atoms with Crippen molar-refractivity contribution >= 4 is 6.09 Å². The van der Waals surface area contributed by atoms with Crippen LogP contribution in [0.15, 0.2) is 24.7 Å². The summed E-state index contributed by atoms with van der Waals surface area (Å²) in [6, 6.07) is 2.05. The van der Waals surface area contributed by atoms with Crippen molar-refractivity contribution < 1.29 is 19.0 Å². The first-order chi connectivity index (χ1) is 18.2. The molecule has 0 saturated carbocycles. The third-order valence-corrected chi connectivity index (χ3v) is 7.05. The van der Waals surface area contributed by atoms with Gasteiger partial charge in [-0.25, -0.2) is 14.5 Å². The largest absolute Gasteiger partial charge is 0.481 e. The molecule has 0 radical (unpaired) electrons. The summed E-state index contributed by atoms with van der Waals surface area (Å²) >= 11 is 0. The lowest BCUT2D eigenvalue weighted by Crippen LogP contribution is -2.43. The van der Waals surface area contributed by atoms with Crippen LogP contribution in [0.5, 0.6) is 5.88 Å². The summed E-state index contributed by atoms with van der Waals surface area (Å²) in [5, 5.41) is 9.74. The summed E-state index contributed by atoms with van der Waals surface area (Å²) in [6.45, 7) is 11.2. The minimum Gasteiger partial charge on any atom is -0.481 e. The molecule has 5 rings (SSSR count). The number of aromatic nitrogens is 5. The van der Waals surface area contributed by atoms with E-state index >= 15 is 0 Å². The zero-order chi connectivity index (χ0) is 26.9. The summed E-state index contributed by atoms with van der Waals surface area (Å²) < 4.78 is 20.7. The molecular weight excluding hydrogens is 484 g/mol. The summed E-state index contributed by atoms with van der Waals surface area (Å²) in [6.07, 6.45) is 9.13. The van der Waals surface area contributed by atoms with Gasteiger partial charge in [-0.1, -0.05) is 0 Å². The second kappa shape index (κ2) is 10.8. The maximum absolute atomic E-state index is 12.6. The van der Waals surface area contributed by atoms with Gasteiger partial charge in [0.25, 0.3) is 0 Å². The first kappa shape index (κ1) is 26.2. The molecule has 1 fully saturated rings. The minimum atomic E-state index is -0.492. The van der Waals surface area contributed by atoms with Gasteiger partial charge in [-0.3, -0.25) is 4.68 Å². The van der Waals surface area contributed by atoms with Crippen LogP contribution in [0.3, 0.4) is 0 Å². The Balaban J connectivity index is 1.37. The molecule has 0 aliphatic carbocycles. The maximum Gasteiger partial charge on any atom is 0.410 e. The maximum atomic E-state index is 12.6. The molecular formula is C28H38N6O4. The van der Waals surface area contributed by atoms with E-state index in [2.05, 4.69) is 22.3 Å². The second-order valence-corrected chi connectivity index (χ2v) is 11.2. The van der Waals surface area contributed by atoms with Crippen molar-refractivity contribution in [3.8, 4) is 22.8 Å². The van der Waals surface area contributed by atoms with E-state index in [0.29, 0.717) is 31.6 Å². The molecule has 1 unspecified atom stereocenters. The number of rotatable bonds is 5. The number of hydrogen-bond donors (Lipinski definition) is 0. The number of carbonyl (C=O) groups is 1. The van der Waals surface area contributed by atoms with Crippen LogP contribution in [0.4, 0.5) is 4.79 Å². The lowest BCUT2D eigenvalue weighted by atomic mass is 9.98. The number of piperidine rings is 1. The fraction of sp³-hybridized carbons (Fsp3) is 0.571. The Morgan fingerprint density at radius 3 is 2.79 bits per heavy atom. The molecule has 5 heterocycles. The standard InChI is InChI=1S/C28H38N6O4/c1-19-13-22(15-29-26(19)36-5)34-24-9-12-37-11-8-23(24)25(31-34)21-14-30-33(18-21)17-20-7-6-10-32(16-20)27(35)38-28(2,3)4/h13-15,18,20H,6-12,16-17H2,1-5H3. The molecule has 0 bridgehead atoms. The van der Waals surface area contributed by atoms with Crippen molar-refractivity contribution in [1.29, 1.82) is 0 Å². The van der Waals surface area contributed by atoms with Gasteiger partial charge in [0.1, 0.15) is 5.60 Å². The lowest BCUT2D eigenvalue weighted by Gasteiger charge is -2.34. The highest BCUT2D eigenvalue weighted by Crippen LogP contribution is 2.31. The van der Waals surface area contributed by atoms with E-state index in [1.165, 1.54) is 5.56 Å². The number of carbonyl (C=O) groups excluding carboxylic acids is 1. The van der Waals surface area contributed by atoms with Crippen molar-refractivity contribution in [3.63, 3.8) is 0 Å². The molecule has 10 nitrogen and oxygen atoms in total. The molecule has 0 aromatic carbocycles. The van der Waals surface area contributed by atoms with E-state index in [0.717, 1.165) is 67.0 Å². The molecule has 2 aliphatic heterocycles. The van der Waals surface area contributed by atoms with Gasteiger partial charge in [0.15, 0.2) is 0 Å². The smallest absolute Gasteiger partial charge is 0.410 e. The first-order valence-electron chi connectivity index (χ1n) is 13.4. The predicted molar refractivity (Wildman–Crippen MR) is 143 cm³/mol. The zero-order valence-electron chi connectivity index (χ0n) is 23.1. The number of hydrogen-bond acceptors (Lipinski definition) is 7. The van der Waals surface area contributed by atoms with Crippen LogP contribution >= 0.6 is 0 Å². The topological polar surface area (TPSA) is 96.5 Å². The van der Waals surface area contributed by atoms with Crippen molar-refractivity contribution in [2.24, 2.45) is 5.92 Å². The monoisotopic (exact) mass is 522 g/mol. The molecule has 3 aromatic rings. The summed E-state index contributed by atoms with van der Waals surface area (Å²) in [5.41, 5.74) is 5.64. The Labute approximate surface area is 223 Å². The molecule has 0 N–H and O–H groups in total. The Morgan fingerprint density at radius 1 is 1.21 bits per heavy atom. The molecule has 1 saturated heterocycles. The van der Waals surface area contributed by atoms with Crippen LogP contribution < -0.4 is 4.74 Å². The van der Waals surface area contributed by atoms with Gasteiger partial charge in [0.05, 0.1) is 49.8 Å². The SMILES string of the molecule is COc1ncc(-n2nc(-c3cnn(CC4CCCN(C(=O)OC(C)(C)C)C4)c3)c3c2CCOCC3)cc1C. The van der Waals surface area contributed by atoms with Crippen molar-refractivity contribution in [3.05, 3.63) is 41.5 Å². The molecule has 0 spiro atoms.